The maximum absolute atomic E-state index is 13.5. The van der Waals surface area contributed by atoms with Crippen molar-refractivity contribution >= 4 is 29.6 Å². The van der Waals surface area contributed by atoms with Crippen molar-refractivity contribution in [3.63, 3.8) is 0 Å². The van der Waals surface area contributed by atoms with Crippen LogP contribution < -0.4 is 10.6 Å². The number of methoxy groups -OCH3 is 1. The van der Waals surface area contributed by atoms with E-state index in [-0.39, 0.29) is 18.5 Å². The Morgan fingerprint density at radius 2 is 1.66 bits per heavy atom. The Hall–Kier alpha value is -4.63. The predicted octanol–water partition coefficient (Wildman–Crippen LogP) is 7.02. The number of hydrogen-bond donors (Lipinski definition) is 2. The van der Waals surface area contributed by atoms with Gasteiger partial charge in [-0.05, 0) is 110 Å². The van der Waals surface area contributed by atoms with E-state index < -0.39 is 17.7 Å². The summed E-state index contributed by atoms with van der Waals surface area (Å²) in [6.07, 6.45) is 3.15. The van der Waals surface area contributed by atoms with Gasteiger partial charge in [-0.2, -0.15) is 5.10 Å². The number of halogens is 1. The molecule has 9 nitrogen and oxygen atoms in total. The number of carbonyl (C=O) groups excluding carboxylic acids is 3. The Balaban J connectivity index is 1.63. The molecule has 3 aromatic carbocycles. The molecule has 0 saturated heterocycles. The predicted molar refractivity (Wildman–Crippen MR) is 171 cm³/mol. The quantitative estimate of drug-likeness (QED) is 0.206. The zero-order valence-corrected chi connectivity index (χ0v) is 26.7. The van der Waals surface area contributed by atoms with Gasteiger partial charge >= 0.3 is 12.1 Å². The first-order chi connectivity index (χ1) is 20.7. The van der Waals surface area contributed by atoms with Crippen LogP contribution >= 0.6 is 11.6 Å². The molecule has 0 spiro atoms. The van der Waals surface area contributed by atoms with Crippen LogP contribution in [0, 0.1) is 6.92 Å². The maximum atomic E-state index is 13.5. The number of alkyl carbamates (subject to hydrolysis) is 1. The summed E-state index contributed by atoms with van der Waals surface area (Å²) in [4.78, 5) is 37.9. The van der Waals surface area contributed by atoms with Gasteiger partial charge in [0.25, 0.3) is 5.91 Å². The standard InChI is InChI=1S/C34H37ClN4O5/c1-20-8-9-22(17-36-33(42)44-34(3,4)5)10-30(20)31(40)38-21(2)23-11-24(13-25(12-23)28-18-37-39(6)19-28)26-14-27(32(41)43-7)16-29(35)15-26/h8-16,18-19,21H,17H2,1-7H3,(H,36,42)(H,38,40). The highest BCUT2D eigenvalue weighted by Crippen LogP contribution is 2.33. The van der Waals surface area contributed by atoms with E-state index in [4.69, 9.17) is 21.1 Å². The molecular formula is C34H37ClN4O5. The number of amides is 2. The number of ether oxygens (including phenoxy) is 2. The molecule has 2 N–H and O–H groups in total. The average molecular weight is 617 g/mol. The van der Waals surface area contributed by atoms with Gasteiger partial charge in [0.15, 0.2) is 0 Å². The molecular weight excluding hydrogens is 580 g/mol. The van der Waals surface area contributed by atoms with E-state index >= 15 is 0 Å². The van der Waals surface area contributed by atoms with Gasteiger partial charge in [0.2, 0.25) is 0 Å². The molecule has 2 amide bonds. The molecule has 0 fully saturated rings. The van der Waals surface area contributed by atoms with Gasteiger partial charge in [-0.25, -0.2) is 9.59 Å². The van der Waals surface area contributed by atoms with Crippen molar-refractivity contribution in [1.29, 1.82) is 0 Å². The summed E-state index contributed by atoms with van der Waals surface area (Å²) in [5.74, 6) is -0.741. The van der Waals surface area contributed by atoms with Crippen LogP contribution in [0.4, 0.5) is 4.79 Å². The third-order valence-electron chi connectivity index (χ3n) is 6.88. The molecule has 1 unspecified atom stereocenters. The minimum atomic E-state index is -0.608. The fourth-order valence-electron chi connectivity index (χ4n) is 4.67. The van der Waals surface area contributed by atoms with E-state index in [2.05, 4.69) is 15.7 Å². The smallest absolute Gasteiger partial charge is 0.407 e. The molecule has 0 saturated carbocycles. The number of aryl methyl sites for hydroxylation is 2. The molecule has 0 aliphatic carbocycles. The van der Waals surface area contributed by atoms with Crippen molar-refractivity contribution in [2.24, 2.45) is 7.05 Å². The second kappa shape index (κ2) is 13.3. The zero-order chi connectivity index (χ0) is 32.2. The molecule has 1 heterocycles. The molecule has 1 aromatic heterocycles. The van der Waals surface area contributed by atoms with Crippen LogP contribution in [0.5, 0.6) is 0 Å². The van der Waals surface area contributed by atoms with Crippen LogP contribution in [-0.2, 0) is 23.1 Å². The lowest BCUT2D eigenvalue weighted by Gasteiger charge is -2.20. The van der Waals surface area contributed by atoms with Crippen molar-refractivity contribution in [2.45, 2.75) is 52.8 Å². The van der Waals surface area contributed by atoms with Crippen LogP contribution in [0.25, 0.3) is 22.3 Å². The van der Waals surface area contributed by atoms with Crippen LogP contribution in [0.3, 0.4) is 0 Å². The van der Waals surface area contributed by atoms with Gasteiger partial charge in [-0.15, -0.1) is 0 Å². The number of rotatable bonds is 8. The molecule has 0 aliphatic rings. The normalized spacial score (nSPS) is 11.9. The Labute approximate surface area is 262 Å². The van der Waals surface area contributed by atoms with Gasteiger partial charge in [0, 0.05) is 35.9 Å². The first-order valence-corrected chi connectivity index (χ1v) is 14.5. The molecule has 4 aromatic rings. The van der Waals surface area contributed by atoms with Crippen LogP contribution in [0.15, 0.2) is 67.0 Å². The molecule has 1 atom stereocenters. The Morgan fingerprint density at radius 3 is 2.30 bits per heavy atom. The van der Waals surface area contributed by atoms with Gasteiger partial charge in [-0.3, -0.25) is 9.48 Å². The van der Waals surface area contributed by atoms with Crippen LogP contribution in [0.2, 0.25) is 5.02 Å². The largest absolute Gasteiger partial charge is 0.465 e. The number of nitrogens with one attached hydrogen (secondary N) is 2. The molecule has 0 bridgehead atoms. The molecule has 0 radical (unpaired) electrons. The third-order valence-corrected chi connectivity index (χ3v) is 7.09. The number of esters is 1. The SMILES string of the molecule is COC(=O)c1cc(Cl)cc(-c2cc(-c3cnn(C)c3)cc(C(C)NC(=O)c3cc(CNC(=O)OC(C)(C)C)ccc3C)c2)c1. The van der Waals surface area contributed by atoms with Crippen molar-refractivity contribution in [2.75, 3.05) is 7.11 Å². The highest BCUT2D eigenvalue weighted by molar-refractivity contribution is 6.31. The molecule has 0 aliphatic heterocycles. The molecule has 230 valence electrons. The lowest BCUT2D eigenvalue weighted by molar-refractivity contribution is 0.0522. The van der Waals surface area contributed by atoms with Crippen LogP contribution in [0.1, 0.15) is 71.1 Å². The maximum Gasteiger partial charge on any atom is 0.407 e. The lowest BCUT2D eigenvalue weighted by atomic mass is 9.94. The fourth-order valence-corrected chi connectivity index (χ4v) is 4.90. The summed E-state index contributed by atoms with van der Waals surface area (Å²) in [5, 5.41) is 10.6. The van der Waals surface area contributed by atoms with Crippen molar-refractivity contribution in [1.82, 2.24) is 20.4 Å². The average Bonchev–Trinajstić information content (AvgIpc) is 3.41. The van der Waals surface area contributed by atoms with Gasteiger partial charge in [0.05, 0.1) is 24.9 Å². The Bertz CT molecular complexity index is 1710. The summed E-state index contributed by atoms with van der Waals surface area (Å²) in [6.45, 7) is 9.38. The number of aromatic nitrogens is 2. The van der Waals surface area contributed by atoms with E-state index in [9.17, 15) is 14.4 Å². The topological polar surface area (TPSA) is 112 Å². The van der Waals surface area contributed by atoms with E-state index in [1.54, 1.807) is 55.9 Å². The lowest BCUT2D eigenvalue weighted by Crippen LogP contribution is -2.32. The van der Waals surface area contributed by atoms with Crippen molar-refractivity contribution < 1.29 is 23.9 Å². The summed E-state index contributed by atoms with van der Waals surface area (Å²) in [7, 11) is 3.17. The minimum absolute atomic E-state index is 0.217. The number of benzene rings is 3. The van der Waals surface area contributed by atoms with E-state index in [0.29, 0.717) is 16.1 Å². The van der Waals surface area contributed by atoms with Crippen molar-refractivity contribution in [3.05, 3.63) is 99.8 Å². The van der Waals surface area contributed by atoms with Gasteiger partial charge in [-0.1, -0.05) is 23.7 Å². The fraction of sp³-hybridized carbons (Fsp3) is 0.294. The molecule has 4 rings (SSSR count). The Kier molecular flexibility index (Phi) is 9.79. The van der Waals surface area contributed by atoms with E-state index in [1.165, 1.54) is 7.11 Å². The summed E-state index contributed by atoms with van der Waals surface area (Å²) < 4.78 is 11.9. The van der Waals surface area contributed by atoms with E-state index in [0.717, 1.165) is 38.9 Å². The summed E-state index contributed by atoms with van der Waals surface area (Å²) >= 11 is 6.39. The van der Waals surface area contributed by atoms with Crippen molar-refractivity contribution in [3.8, 4) is 22.3 Å². The first kappa shape index (κ1) is 32.3. The number of carbonyl (C=O) groups is 3. The summed E-state index contributed by atoms with van der Waals surface area (Å²) in [5.41, 5.74) is 5.95. The number of nitrogens with zero attached hydrogens (tertiary/aromatic N) is 2. The van der Waals surface area contributed by atoms with E-state index in [1.807, 2.05) is 57.4 Å². The summed E-state index contributed by atoms with van der Waals surface area (Å²) in [6, 6.07) is 16.1. The highest BCUT2D eigenvalue weighted by atomic mass is 35.5. The monoisotopic (exact) mass is 616 g/mol. The second-order valence-electron chi connectivity index (χ2n) is 11.7. The van der Waals surface area contributed by atoms with Gasteiger partial charge < -0.3 is 20.1 Å². The first-order valence-electron chi connectivity index (χ1n) is 14.1. The zero-order valence-electron chi connectivity index (χ0n) is 25.9. The Morgan fingerprint density at radius 1 is 0.977 bits per heavy atom. The van der Waals surface area contributed by atoms with Gasteiger partial charge in [0.1, 0.15) is 5.60 Å². The molecule has 44 heavy (non-hydrogen) atoms. The number of hydrogen-bond acceptors (Lipinski definition) is 6. The van der Waals surface area contributed by atoms with Crippen LogP contribution in [-0.4, -0.2) is 40.5 Å². The second-order valence-corrected chi connectivity index (χ2v) is 12.1. The highest BCUT2D eigenvalue weighted by Gasteiger charge is 2.19. The molecule has 10 heteroatoms. The minimum Gasteiger partial charge on any atom is -0.465 e. The third kappa shape index (κ3) is 8.26.